The zero-order valence-electron chi connectivity index (χ0n) is 8.29. The van der Waals surface area contributed by atoms with Crippen LogP contribution >= 0.6 is 27.3 Å². The third kappa shape index (κ3) is 4.59. The predicted octanol–water partition coefficient (Wildman–Crippen LogP) is 2.63. The highest BCUT2D eigenvalue weighted by molar-refractivity contribution is 9.10. The number of carboxylic acids is 1. The Hall–Kier alpha value is -0.650. The van der Waals surface area contributed by atoms with Gasteiger partial charge in [0.15, 0.2) is 0 Å². The lowest BCUT2D eigenvalue weighted by Crippen LogP contribution is -2.13. The van der Waals surface area contributed by atoms with E-state index in [1.54, 1.807) is 24.3 Å². The van der Waals surface area contributed by atoms with Crippen LogP contribution in [0.1, 0.15) is 11.8 Å². The summed E-state index contributed by atoms with van der Waals surface area (Å²) in [6.45, 7) is 2.93. The zero-order chi connectivity index (χ0) is 11.3. The first kappa shape index (κ1) is 12.4. The first-order chi connectivity index (χ1) is 7.09. The van der Waals surface area contributed by atoms with Crippen LogP contribution in [0.3, 0.4) is 0 Å². The second kappa shape index (κ2) is 6.05. The molecule has 0 unspecified atom stereocenters. The van der Waals surface area contributed by atoms with Crippen molar-refractivity contribution in [3.8, 4) is 0 Å². The van der Waals surface area contributed by atoms with Crippen molar-refractivity contribution in [2.24, 2.45) is 0 Å². The molecule has 15 heavy (non-hydrogen) atoms. The minimum atomic E-state index is -0.865. The highest BCUT2D eigenvalue weighted by atomic mass is 79.9. The van der Waals surface area contributed by atoms with E-state index in [4.69, 9.17) is 5.11 Å². The van der Waals surface area contributed by atoms with Crippen molar-refractivity contribution in [2.75, 3.05) is 6.54 Å². The lowest BCUT2D eigenvalue weighted by molar-refractivity contribution is -0.132. The summed E-state index contributed by atoms with van der Waals surface area (Å²) in [6.07, 6.45) is 1.67. The summed E-state index contributed by atoms with van der Waals surface area (Å²) >= 11 is 5.04. The van der Waals surface area contributed by atoms with Gasteiger partial charge >= 0.3 is 5.97 Å². The Kier molecular flexibility index (Phi) is 5.01. The molecule has 0 amide bonds. The number of halogens is 1. The molecule has 0 radical (unpaired) electrons. The molecule has 0 atom stereocenters. The Bertz CT molecular complexity index is 373. The lowest BCUT2D eigenvalue weighted by atomic mass is 10.3. The van der Waals surface area contributed by atoms with Crippen molar-refractivity contribution in [2.45, 2.75) is 13.5 Å². The van der Waals surface area contributed by atoms with Crippen molar-refractivity contribution in [3.05, 3.63) is 32.4 Å². The van der Waals surface area contributed by atoms with Crippen molar-refractivity contribution in [1.29, 1.82) is 0 Å². The molecule has 0 saturated heterocycles. The van der Waals surface area contributed by atoms with Crippen LogP contribution in [-0.2, 0) is 11.3 Å². The maximum atomic E-state index is 10.5. The van der Waals surface area contributed by atoms with Gasteiger partial charge in [0.05, 0.1) is 0 Å². The number of rotatable bonds is 5. The average molecular weight is 290 g/mol. The fourth-order valence-electron chi connectivity index (χ4n) is 0.954. The van der Waals surface area contributed by atoms with Crippen LogP contribution in [0.2, 0.25) is 0 Å². The number of hydrogen-bond acceptors (Lipinski definition) is 3. The molecule has 0 bridgehead atoms. The number of carboxylic acid groups (broad SMARTS) is 1. The van der Waals surface area contributed by atoms with E-state index < -0.39 is 5.97 Å². The van der Waals surface area contributed by atoms with Crippen LogP contribution in [0, 0.1) is 0 Å². The number of carbonyl (C=O) groups is 1. The quantitative estimate of drug-likeness (QED) is 0.647. The van der Waals surface area contributed by atoms with Crippen LogP contribution in [0.4, 0.5) is 0 Å². The molecule has 0 aliphatic carbocycles. The van der Waals surface area contributed by atoms with Crippen LogP contribution in [-0.4, -0.2) is 17.6 Å². The Morgan fingerprint density at radius 2 is 2.47 bits per heavy atom. The molecule has 2 N–H and O–H groups in total. The number of aliphatic carboxylic acids is 1. The van der Waals surface area contributed by atoms with Crippen molar-refractivity contribution >= 4 is 33.2 Å². The summed E-state index contributed by atoms with van der Waals surface area (Å²) in [6, 6.07) is 2.05. The van der Waals surface area contributed by atoms with Gasteiger partial charge in [-0.25, -0.2) is 4.79 Å². The van der Waals surface area contributed by atoms with E-state index in [-0.39, 0.29) is 0 Å². The molecular formula is C10H12BrNO2S. The topological polar surface area (TPSA) is 49.3 Å². The van der Waals surface area contributed by atoms with E-state index in [2.05, 4.69) is 21.2 Å². The Morgan fingerprint density at radius 3 is 3.00 bits per heavy atom. The largest absolute Gasteiger partial charge is 0.478 e. The first-order valence-corrected chi connectivity index (χ1v) is 6.10. The van der Waals surface area contributed by atoms with E-state index in [0.29, 0.717) is 12.1 Å². The van der Waals surface area contributed by atoms with Crippen LogP contribution in [0.5, 0.6) is 0 Å². The molecule has 0 aliphatic rings. The summed E-state index contributed by atoms with van der Waals surface area (Å²) in [5, 5.41) is 13.8. The number of hydrogen-bond donors (Lipinski definition) is 2. The molecule has 1 aromatic heterocycles. The molecule has 1 aromatic rings. The molecule has 0 spiro atoms. The standard InChI is InChI=1S/C10H12BrNO2S/c1-7(10(13)14)2-3-12-5-9-4-8(11)6-15-9/h2,4,6,12H,3,5H2,1H3,(H,13,14). The molecule has 0 fully saturated rings. The highest BCUT2D eigenvalue weighted by Crippen LogP contribution is 2.19. The zero-order valence-corrected chi connectivity index (χ0v) is 10.7. The summed E-state index contributed by atoms with van der Waals surface area (Å²) in [5.41, 5.74) is 0.370. The SMILES string of the molecule is CC(=CCNCc1cc(Br)cs1)C(=O)O. The van der Waals surface area contributed by atoms with Gasteiger partial charge in [-0.2, -0.15) is 0 Å². The second-order valence-corrected chi connectivity index (χ2v) is 4.97. The Balaban J connectivity index is 2.28. The first-order valence-electron chi connectivity index (χ1n) is 4.43. The van der Waals surface area contributed by atoms with Gasteiger partial charge < -0.3 is 10.4 Å². The van der Waals surface area contributed by atoms with Gasteiger partial charge in [-0.15, -0.1) is 11.3 Å². The molecule has 0 aromatic carbocycles. The van der Waals surface area contributed by atoms with E-state index in [1.165, 1.54) is 4.88 Å². The Morgan fingerprint density at radius 1 is 1.73 bits per heavy atom. The monoisotopic (exact) mass is 289 g/mol. The minimum absolute atomic E-state index is 0.370. The van der Waals surface area contributed by atoms with E-state index in [0.717, 1.165) is 11.0 Å². The van der Waals surface area contributed by atoms with Crippen molar-refractivity contribution in [3.63, 3.8) is 0 Å². The molecule has 82 valence electrons. The highest BCUT2D eigenvalue weighted by Gasteiger charge is 1.98. The summed E-state index contributed by atoms with van der Waals surface area (Å²) in [7, 11) is 0. The fraction of sp³-hybridized carbons (Fsp3) is 0.300. The van der Waals surface area contributed by atoms with E-state index in [9.17, 15) is 4.79 Å². The van der Waals surface area contributed by atoms with Gasteiger partial charge in [-0.05, 0) is 28.9 Å². The predicted molar refractivity (Wildman–Crippen MR) is 65.1 cm³/mol. The molecule has 3 nitrogen and oxygen atoms in total. The van der Waals surface area contributed by atoms with Gasteiger partial charge in [-0.1, -0.05) is 6.08 Å². The van der Waals surface area contributed by atoms with E-state index >= 15 is 0 Å². The van der Waals surface area contributed by atoms with Crippen molar-refractivity contribution in [1.82, 2.24) is 5.32 Å². The molecule has 1 rings (SSSR count). The number of thiophene rings is 1. The van der Waals surface area contributed by atoms with Gasteiger partial charge in [0.1, 0.15) is 0 Å². The Labute approximate surface area is 101 Å². The van der Waals surface area contributed by atoms with Crippen molar-refractivity contribution < 1.29 is 9.90 Å². The third-order valence-electron chi connectivity index (χ3n) is 1.81. The smallest absolute Gasteiger partial charge is 0.330 e. The minimum Gasteiger partial charge on any atom is -0.478 e. The normalized spacial score (nSPS) is 11.7. The van der Waals surface area contributed by atoms with Gasteiger partial charge in [0.2, 0.25) is 0 Å². The van der Waals surface area contributed by atoms with Crippen LogP contribution in [0.25, 0.3) is 0 Å². The maximum absolute atomic E-state index is 10.5. The van der Waals surface area contributed by atoms with Crippen LogP contribution < -0.4 is 5.32 Å². The van der Waals surface area contributed by atoms with Gasteiger partial charge in [0, 0.05) is 33.4 Å². The summed E-state index contributed by atoms with van der Waals surface area (Å²) in [5.74, 6) is -0.865. The molecule has 1 heterocycles. The van der Waals surface area contributed by atoms with Gasteiger partial charge in [-0.3, -0.25) is 0 Å². The third-order valence-corrected chi connectivity index (χ3v) is 3.51. The maximum Gasteiger partial charge on any atom is 0.330 e. The summed E-state index contributed by atoms with van der Waals surface area (Å²) < 4.78 is 1.08. The van der Waals surface area contributed by atoms with Gasteiger partial charge in [0.25, 0.3) is 0 Å². The molecular weight excluding hydrogens is 278 g/mol. The second-order valence-electron chi connectivity index (χ2n) is 3.05. The molecule has 5 heteroatoms. The summed E-state index contributed by atoms with van der Waals surface area (Å²) in [4.78, 5) is 11.7. The number of nitrogens with one attached hydrogen (secondary N) is 1. The molecule has 0 saturated carbocycles. The van der Waals surface area contributed by atoms with E-state index in [1.807, 2.05) is 11.4 Å². The van der Waals surface area contributed by atoms with Crippen LogP contribution in [0.15, 0.2) is 27.6 Å². The lowest BCUT2D eigenvalue weighted by Gasteiger charge is -1.98. The fourth-order valence-corrected chi connectivity index (χ4v) is 2.38. The molecule has 0 aliphatic heterocycles. The average Bonchev–Trinajstić information content (AvgIpc) is 2.58.